The topological polar surface area (TPSA) is 59.6 Å². The number of halogens is 1. The third kappa shape index (κ3) is 5.91. The van der Waals surface area contributed by atoms with Crippen LogP contribution in [0.15, 0.2) is 24.3 Å². The van der Waals surface area contributed by atoms with E-state index in [2.05, 4.69) is 10.6 Å². The van der Waals surface area contributed by atoms with Crippen molar-refractivity contribution in [2.75, 3.05) is 26.3 Å². The number of morpholine rings is 1. The number of hydrogen-bond donors (Lipinski definition) is 2. The van der Waals surface area contributed by atoms with E-state index >= 15 is 0 Å². The molecule has 6 heteroatoms. The van der Waals surface area contributed by atoms with E-state index in [-0.39, 0.29) is 24.4 Å². The van der Waals surface area contributed by atoms with Crippen molar-refractivity contribution in [3.63, 3.8) is 0 Å². The molecular formula is C15H23ClN2O3. The molecule has 0 aromatic heterocycles. The standard InChI is InChI=1S/C15H22N2O3.ClH/c1-11-4-3-5-13(8-11)20-10-12(2)17-15(18)14-9-16-6-7-19-14;/h3-5,8,12,14,16H,6-7,9-10H2,1-2H3,(H,17,18);1H. The van der Waals surface area contributed by atoms with Crippen molar-refractivity contribution >= 4 is 18.3 Å². The van der Waals surface area contributed by atoms with E-state index in [4.69, 9.17) is 9.47 Å². The fourth-order valence-corrected chi connectivity index (χ4v) is 2.04. The Hall–Kier alpha value is -1.30. The van der Waals surface area contributed by atoms with Crippen molar-refractivity contribution in [2.24, 2.45) is 0 Å². The summed E-state index contributed by atoms with van der Waals surface area (Å²) < 4.78 is 11.1. The number of ether oxygens (including phenoxy) is 2. The molecule has 0 bridgehead atoms. The van der Waals surface area contributed by atoms with Crippen molar-refractivity contribution in [3.05, 3.63) is 29.8 Å². The van der Waals surface area contributed by atoms with Gasteiger partial charge in [-0.25, -0.2) is 0 Å². The van der Waals surface area contributed by atoms with Crippen LogP contribution in [0.5, 0.6) is 5.75 Å². The Balaban J connectivity index is 0.00000220. The summed E-state index contributed by atoms with van der Waals surface area (Å²) in [6.45, 7) is 6.32. The first-order chi connectivity index (χ1) is 9.65. The highest BCUT2D eigenvalue weighted by Crippen LogP contribution is 2.12. The summed E-state index contributed by atoms with van der Waals surface area (Å²) in [7, 11) is 0. The predicted molar refractivity (Wildman–Crippen MR) is 84.1 cm³/mol. The molecule has 2 atom stereocenters. The lowest BCUT2D eigenvalue weighted by atomic mass is 10.2. The van der Waals surface area contributed by atoms with Gasteiger partial charge in [-0.05, 0) is 31.5 Å². The van der Waals surface area contributed by atoms with Gasteiger partial charge in [0.2, 0.25) is 0 Å². The number of benzene rings is 1. The van der Waals surface area contributed by atoms with Crippen LogP contribution in [-0.4, -0.2) is 44.4 Å². The van der Waals surface area contributed by atoms with E-state index in [9.17, 15) is 4.79 Å². The molecule has 5 nitrogen and oxygen atoms in total. The Labute approximate surface area is 131 Å². The normalized spacial score (nSPS) is 19.2. The first-order valence-electron chi connectivity index (χ1n) is 6.97. The van der Waals surface area contributed by atoms with Crippen LogP contribution in [0.2, 0.25) is 0 Å². The molecule has 2 N–H and O–H groups in total. The SMILES string of the molecule is Cc1cccc(OCC(C)NC(=O)C2CNCCO2)c1.Cl. The average Bonchev–Trinajstić information content (AvgIpc) is 2.46. The number of nitrogens with one attached hydrogen (secondary N) is 2. The summed E-state index contributed by atoms with van der Waals surface area (Å²) >= 11 is 0. The largest absolute Gasteiger partial charge is 0.491 e. The molecule has 118 valence electrons. The molecule has 1 saturated heterocycles. The first kappa shape index (κ1) is 17.8. The van der Waals surface area contributed by atoms with Crippen LogP contribution in [0.25, 0.3) is 0 Å². The summed E-state index contributed by atoms with van der Waals surface area (Å²) in [4.78, 5) is 11.9. The molecule has 21 heavy (non-hydrogen) atoms. The molecule has 1 aromatic carbocycles. The van der Waals surface area contributed by atoms with Crippen LogP contribution in [0.4, 0.5) is 0 Å². The lowest BCUT2D eigenvalue weighted by molar-refractivity contribution is -0.135. The highest BCUT2D eigenvalue weighted by molar-refractivity contribution is 5.85. The number of amides is 1. The molecule has 1 heterocycles. The zero-order valence-electron chi connectivity index (χ0n) is 12.4. The third-order valence-electron chi connectivity index (χ3n) is 3.10. The van der Waals surface area contributed by atoms with Gasteiger partial charge in [-0.15, -0.1) is 12.4 Å². The highest BCUT2D eigenvalue weighted by atomic mass is 35.5. The maximum Gasteiger partial charge on any atom is 0.250 e. The molecule has 1 aromatic rings. The van der Waals surface area contributed by atoms with Crippen molar-refractivity contribution in [1.29, 1.82) is 0 Å². The average molecular weight is 315 g/mol. The quantitative estimate of drug-likeness (QED) is 0.860. The Kier molecular flexibility index (Phi) is 7.50. The van der Waals surface area contributed by atoms with Gasteiger partial charge in [0.1, 0.15) is 18.5 Å². The van der Waals surface area contributed by atoms with Gasteiger partial charge in [-0.1, -0.05) is 12.1 Å². The fourth-order valence-electron chi connectivity index (χ4n) is 2.04. The van der Waals surface area contributed by atoms with Gasteiger partial charge < -0.3 is 20.1 Å². The van der Waals surface area contributed by atoms with Crippen molar-refractivity contribution < 1.29 is 14.3 Å². The maximum atomic E-state index is 11.9. The zero-order chi connectivity index (χ0) is 14.4. The van der Waals surface area contributed by atoms with Crippen LogP contribution < -0.4 is 15.4 Å². The van der Waals surface area contributed by atoms with Crippen LogP contribution in [0.3, 0.4) is 0 Å². The minimum atomic E-state index is -0.398. The lowest BCUT2D eigenvalue weighted by Crippen LogP contribution is -2.50. The summed E-state index contributed by atoms with van der Waals surface area (Å²) in [6.07, 6.45) is -0.398. The van der Waals surface area contributed by atoms with Gasteiger partial charge >= 0.3 is 0 Å². The lowest BCUT2D eigenvalue weighted by Gasteiger charge is -2.24. The number of carbonyl (C=O) groups is 1. The van der Waals surface area contributed by atoms with Crippen molar-refractivity contribution in [3.8, 4) is 5.75 Å². The zero-order valence-corrected chi connectivity index (χ0v) is 13.2. The Bertz CT molecular complexity index is 450. The van der Waals surface area contributed by atoms with Crippen molar-refractivity contribution in [1.82, 2.24) is 10.6 Å². The van der Waals surface area contributed by atoms with Crippen LogP contribution >= 0.6 is 12.4 Å². The van der Waals surface area contributed by atoms with Gasteiger partial charge in [0, 0.05) is 13.1 Å². The Morgan fingerprint density at radius 3 is 3.05 bits per heavy atom. The van der Waals surface area contributed by atoms with E-state index in [1.165, 1.54) is 0 Å². The number of hydrogen-bond acceptors (Lipinski definition) is 4. The van der Waals surface area contributed by atoms with E-state index in [1.54, 1.807) is 0 Å². The number of aryl methyl sites for hydroxylation is 1. The molecule has 0 spiro atoms. The third-order valence-corrected chi connectivity index (χ3v) is 3.10. The van der Waals surface area contributed by atoms with Crippen molar-refractivity contribution in [2.45, 2.75) is 26.0 Å². The van der Waals surface area contributed by atoms with E-state index < -0.39 is 6.10 Å². The van der Waals surface area contributed by atoms with Gasteiger partial charge in [0.15, 0.2) is 0 Å². The minimum Gasteiger partial charge on any atom is -0.491 e. The van der Waals surface area contributed by atoms with Gasteiger partial charge in [-0.2, -0.15) is 0 Å². The van der Waals surface area contributed by atoms with Gasteiger partial charge in [0.25, 0.3) is 5.91 Å². The second kappa shape index (κ2) is 8.87. The summed E-state index contributed by atoms with van der Waals surface area (Å²) in [5.74, 6) is 0.735. The van der Waals surface area contributed by atoms with E-state index in [1.807, 2.05) is 38.1 Å². The first-order valence-corrected chi connectivity index (χ1v) is 6.97. The molecular weight excluding hydrogens is 292 g/mol. The molecule has 1 aliphatic heterocycles. The Morgan fingerprint density at radius 1 is 1.57 bits per heavy atom. The van der Waals surface area contributed by atoms with Crippen LogP contribution in [0, 0.1) is 6.92 Å². The molecule has 2 rings (SSSR count). The predicted octanol–water partition coefficient (Wildman–Crippen LogP) is 1.29. The number of rotatable bonds is 5. The minimum absolute atomic E-state index is 0. The van der Waals surface area contributed by atoms with Crippen LogP contribution in [0.1, 0.15) is 12.5 Å². The molecule has 1 amide bonds. The molecule has 1 fully saturated rings. The molecule has 2 unspecified atom stereocenters. The van der Waals surface area contributed by atoms with E-state index in [0.29, 0.717) is 19.8 Å². The van der Waals surface area contributed by atoms with E-state index in [0.717, 1.165) is 17.9 Å². The highest BCUT2D eigenvalue weighted by Gasteiger charge is 2.22. The molecule has 0 aliphatic carbocycles. The molecule has 0 saturated carbocycles. The summed E-state index contributed by atoms with van der Waals surface area (Å²) in [5.41, 5.74) is 1.15. The smallest absolute Gasteiger partial charge is 0.250 e. The second-order valence-corrected chi connectivity index (χ2v) is 5.10. The molecule has 0 radical (unpaired) electrons. The molecule has 1 aliphatic rings. The summed E-state index contributed by atoms with van der Waals surface area (Å²) in [6, 6.07) is 7.80. The fraction of sp³-hybridized carbons (Fsp3) is 0.533. The monoisotopic (exact) mass is 314 g/mol. The summed E-state index contributed by atoms with van der Waals surface area (Å²) in [5, 5.41) is 6.04. The van der Waals surface area contributed by atoms with Gasteiger partial charge in [-0.3, -0.25) is 4.79 Å². The van der Waals surface area contributed by atoms with Crippen LogP contribution in [-0.2, 0) is 9.53 Å². The van der Waals surface area contributed by atoms with Gasteiger partial charge in [0.05, 0.1) is 12.6 Å². The second-order valence-electron chi connectivity index (χ2n) is 5.10. The Morgan fingerprint density at radius 2 is 2.38 bits per heavy atom. The number of carbonyl (C=O) groups excluding carboxylic acids is 1. The maximum absolute atomic E-state index is 11.9.